The average Bonchev–Trinajstić information content (AvgIpc) is 3.44. The molecule has 0 aromatic heterocycles. The van der Waals surface area contributed by atoms with Crippen LogP contribution in [-0.4, -0.2) is 47.9 Å². The molecule has 3 aromatic carbocycles. The predicted octanol–water partition coefficient (Wildman–Crippen LogP) is 5.69. The van der Waals surface area contributed by atoms with Crippen LogP contribution in [0.4, 0.5) is 0 Å². The number of phenols is 2. The molecule has 0 bridgehead atoms. The SMILES string of the molecule is COc1cc(/C=C/C(=O)CC2=NC(=NCc3ccc4c(c3)OCO4)SC(c3ccc(O)c(OC)c3)C2)ccc1O. The third kappa shape index (κ3) is 6.40. The standard InChI is InChI=1S/C30H28N2O7S/c1-36-26-11-18(4-8-23(26)34)3-7-22(33)14-21-15-29(20-6-9-24(35)27(13-20)37-2)40-30(32-21)31-16-19-5-10-25-28(12-19)39-17-38-25/h3-13,29,34-35H,14-17H2,1-2H3/b7-3+,31-30?. The maximum Gasteiger partial charge on any atom is 0.231 e. The number of phenolic OH excluding ortho intramolecular Hbond substituents is 2. The Morgan fingerprint density at radius 3 is 2.58 bits per heavy atom. The number of thioether (sulfide) groups is 1. The minimum atomic E-state index is -0.116. The molecule has 2 aliphatic heterocycles. The summed E-state index contributed by atoms with van der Waals surface area (Å²) in [6.45, 7) is 0.593. The highest BCUT2D eigenvalue weighted by Crippen LogP contribution is 2.41. The van der Waals surface area contributed by atoms with Crippen LogP contribution in [0.1, 0.15) is 34.8 Å². The second-order valence-corrected chi connectivity index (χ2v) is 10.3. The van der Waals surface area contributed by atoms with E-state index in [1.165, 1.54) is 38.1 Å². The van der Waals surface area contributed by atoms with Crippen LogP contribution in [0.15, 0.2) is 70.7 Å². The summed E-state index contributed by atoms with van der Waals surface area (Å²) in [6.07, 6.45) is 3.84. The van der Waals surface area contributed by atoms with Crippen molar-refractivity contribution >= 4 is 34.5 Å². The molecule has 0 amide bonds. The zero-order valence-corrected chi connectivity index (χ0v) is 22.8. The van der Waals surface area contributed by atoms with E-state index in [0.29, 0.717) is 46.8 Å². The third-order valence-corrected chi connectivity index (χ3v) is 7.53. The first-order chi connectivity index (χ1) is 19.4. The van der Waals surface area contributed by atoms with Gasteiger partial charge in [-0.3, -0.25) is 9.79 Å². The number of ether oxygens (including phenoxy) is 4. The molecule has 2 N–H and O–H groups in total. The number of ketones is 1. The van der Waals surface area contributed by atoms with Crippen molar-refractivity contribution in [3.63, 3.8) is 0 Å². The van der Waals surface area contributed by atoms with Gasteiger partial charge in [0.1, 0.15) is 0 Å². The largest absolute Gasteiger partial charge is 0.504 e. The van der Waals surface area contributed by atoms with Gasteiger partial charge in [-0.05, 0) is 59.2 Å². The van der Waals surface area contributed by atoms with E-state index in [0.717, 1.165) is 16.7 Å². The zero-order valence-electron chi connectivity index (χ0n) is 22.0. The summed E-state index contributed by atoms with van der Waals surface area (Å²) in [4.78, 5) is 22.4. The van der Waals surface area contributed by atoms with Crippen molar-refractivity contribution in [1.82, 2.24) is 0 Å². The van der Waals surface area contributed by atoms with Gasteiger partial charge >= 0.3 is 0 Å². The number of benzene rings is 3. The molecule has 0 saturated heterocycles. The van der Waals surface area contributed by atoms with Crippen molar-refractivity contribution in [2.24, 2.45) is 9.98 Å². The fraction of sp³-hybridized carbons (Fsp3) is 0.233. The van der Waals surface area contributed by atoms with Crippen LogP contribution in [-0.2, 0) is 11.3 Å². The van der Waals surface area contributed by atoms with Crippen molar-refractivity contribution in [2.45, 2.75) is 24.6 Å². The van der Waals surface area contributed by atoms with Gasteiger partial charge in [-0.2, -0.15) is 0 Å². The van der Waals surface area contributed by atoms with Crippen molar-refractivity contribution in [1.29, 1.82) is 0 Å². The van der Waals surface area contributed by atoms with Crippen LogP contribution in [0.5, 0.6) is 34.5 Å². The minimum Gasteiger partial charge on any atom is -0.504 e. The Kier molecular flexibility index (Phi) is 8.26. The van der Waals surface area contributed by atoms with Crippen molar-refractivity contribution < 1.29 is 34.0 Å². The normalized spacial score (nSPS) is 17.2. The molecule has 9 nitrogen and oxygen atoms in total. The number of amidine groups is 1. The summed E-state index contributed by atoms with van der Waals surface area (Å²) in [5.41, 5.74) is 3.32. The van der Waals surface area contributed by atoms with Crippen LogP contribution in [0.3, 0.4) is 0 Å². The molecular formula is C30H28N2O7S. The Bertz CT molecular complexity index is 1520. The minimum absolute atomic E-state index is 0.0319. The maximum atomic E-state index is 12.9. The number of rotatable bonds is 9. The van der Waals surface area contributed by atoms with E-state index in [4.69, 9.17) is 28.9 Å². The Morgan fingerprint density at radius 2 is 1.77 bits per heavy atom. The highest BCUT2D eigenvalue weighted by atomic mass is 32.2. The summed E-state index contributed by atoms with van der Waals surface area (Å²) in [7, 11) is 2.98. The van der Waals surface area contributed by atoms with Gasteiger partial charge < -0.3 is 29.2 Å². The van der Waals surface area contributed by atoms with Gasteiger partial charge in [0.2, 0.25) is 6.79 Å². The molecule has 10 heteroatoms. The lowest BCUT2D eigenvalue weighted by atomic mass is 10.0. The molecule has 0 saturated carbocycles. The number of methoxy groups -OCH3 is 2. The first-order valence-electron chi connectivity index (χ1n) is 12.5. The highest BCUT2D eigenvalue weighted by Gasteiger charge is 2.25. The number of aliphatic imine (C=N–C) groups is 2. The summed E-state index contributed by atoms with van der Waals surface area (Å²) in [6, 6.07) is 15.8. The van der Waals surface area contributed by atoms with E-state index in [2.05, 4.69) is 0 Å². The van der Waals surface area contributed by atoms with Gasteiger partial charge in [-0.15, -0.1) is 0 Å². The Labute approximate surface area is 235 Å². The highest BCUT2D eigenvalue weighted by molar-refractivity contribution is 8.14. The average molecular weight is 561 g/mol. The van der Waals surface area contributed by atoms with Gasteiger partial charge in [0.05, 0.1) is 20.8 Å². The number of aromatic hydroxyl groups is 2. The van der Waals surface area contributed by atoms with Gasteiger partial charge in [0.15, 0.2) is 45.4 Å². The fourth-order valence-electron chi connectivity index (χ4n) is 4.30. The molecule has 3 aromatic rings. The molecule has 0 spiro atoms. The van der Waals surface area contributed by atoms with Crippen molar-refractivity contribution in [3.8, 4) is 34.5 Å². The van der Waals surface area contributed by atoms with Crippen LogP contribution in [0.25, 0.3) is 6.08 Å². The molecular weight excluding hydrogens is 532 g/mol. The molecule has 1 atom stereocenters. The van der Waals surface area contributed by atoms with E-state index in [9.17, 15) is 15.0 Å². The van der Waals surface area contributed by atoms with E-state index in [1.54, 1.807) is 30.3 Å². The molecule has 40 heavy (non-hydrogen) atoms. The Balaban J connectivity index is 1.36. The van der Waals surface area contributed by atoms with Crippen LogP contribution in [0, 0.1) is 0 Å². The Hall–Kier alpha value is -4.44. The number of carbonyl (C=O) groups excluding carboxylic acids is 1. The lowest BCUT2D eigenvalue weighted by Crippen LogP contribution is -2.17. The van der Waals surface area contributed by atoms with Crippen LogP contribution < -0.4 is 18.9 Å². The second-order valence-electron chi connectivity index (χ2n) is 9.11. The molecule has 2 aliphatic rings. The first kappa shape index (κ1) is 27.1. The molecule has 0 fully saturated rings. The van der Waals surface area contributed by atoms with Crippen molar-refractivity contribution in [3.05, 3.63) is 77.4 Å². The Morgan fingerprint density at radius 1 is 1.02 bits per heavy atom. The molecule has 5 rings (SSSR count). The van der Waals surface area contributed by atoms with E-state index in [-0.39, 0.29) is 35.7 Å². The molecule has 2 heterocycles. The number of fused-ring (bicyclic) bond motifs is 1. The fourth-order valence-corrected chi connectivity index (χ4v) is 5.43. The van der Waals surface area contributed by atoms with E-state index < -0.39 is 0 Å². The number of nitrogens with zero attached hydrogens (tertiary/aromatic N) is 2. The second kappa shape index (κ2) is 12.2. The first-order valence-corrected chi connectivity index (χ1v) is 13.4. The van der Waals surface area contributed by atoms with Gasteiger partial charge in [0.25, 0.3) is 0 Å². The lowest BCUT2D eigenvalue weighted by Gasteiger charge is -2.23. The van der Waals surface area contributed by atoms with Gasteiger partial charge in [0, 0.05) is 23.8 Å². The summed E-state index contributed by atoms with van der Waals surface area (Å²) in [5.74, 6) is 2.09. The number of allylic oxidation sites excluding steroid dienone is 1. The number of carbonyl (C=O) groups is 1. The number of hydrogen-bond acceptors (Lipinski definition) is 9. The summed E-state index contributed by atoms with van der Waals surface area (Å²) in [5, 5.41) is 20.4. The quantitative estimate of drug-likeness (QED) is 0.320. The smallest absolute Gasteiger partial charge is 0.231 e. The van der Waals surface area contributed by atoms with E-state index >= 15 is 0 Å². The molecule has 0 aliphatic carbocycles. The third-order valence-electron chi connectivity index (χ3n) is 6.38. The van der Waals surface area contributed by atoms with Gasteiger partial charge in [-0.1, -0.05) is 36.0 Å². The lowest BCUT2D eigenvalue weighted by molar-refractivity contribution is -0.113. The van der Waals surface area contributed by atoms with E-state index in [1.807, 2.05) is 24.3 Å². The topological polar surface area (TPSA) is 119 Å². The molecule has 0 radical (unpaired) electrons. The predicted molar refractivity (Wildman–Crippen MR) is 154 cm³/mol. The molecule has 1 unspecified atom stereocenters. The van der Waals surface area contributed by atoms with Crippen LogP contribution >= 0.6 is 11.8 Å². The summed E-state index contributed by atoms with van der Waals surface area (Å²) >= 11 is 1.50. The number of hydrogen-bond donors (Lipinski definition) is 2. The van der Waals surface area contributed by atoms with Gasteiger partial charge in [-0.25, -0.2) is 4.99 Å². The van der Waals surface area contributed by atoms with Crippen molar-refractivity contribution in [2.75, 3.05) is 21.0 Å². The van der Waals surface area contributed by atoms with Crippen LogP contribution in [0.2, 0.25) is 0 Å². The zero-order chi connectivity index (χ0) is 28.1. The maximum absolute atomic E-state index is 12.9. The monoisotopic (exact) mass is 560 g/mol. The molecule has 206 valence electrons. The summed E-state index contributed by atoms with van der Waals surface area (Å²) < 4.78 is 21.3.